The predicted molar refractivity (Wildman–Crippen MR) is 162 cm³/mol. The Bertz CT molecular complexity index is 1380. The highest BCUT2D eigenvalue weighted by atomic mass is 19.1. The third kappa shape index (κ3) is 8.72. The van der Waals surface area contributed by atoms with E-state index in [-0.39, 0.29) is 24.3 Å². The number of benzene rings is 3. The zero-order valence-corrected chi connectivity index (χ0v) is 24.1. The van der Waals surface area contributed by atoms with Crippen molar-refractivity contribution in [2.75, 3.05) is 44.6 Å². The fourth-order valence-electron chi connectivity index (χ4n) is 4.69. The summed E-state index contributed by atoms with van der Waals surface area (Å²) in [7, 11) is 0. The van der Waals surface area contributed by atoms with Crippen molar-refractivity contribution in [3.8, 4) is 35.3 Å². The third-order valence-electron chi connectivity index (χ3n) is 7.21. The van der Waals surface area contributed by atoms with Gasteiger partial charge in [0.15, 0.2) is 0 Å². The lowest BCUT2D eigenvalue weighted by molar-refractivity contribution is 0.0958. The van der Waals surface area contributed by atoms with Gasteiger partial charge >= 0.3 is 6.03 Å². The second-order valence-corrected chi connectivity index (χ2v) is 10.2. The average molecular weight is 573 g/mol. The van der Waals surface area contributed by atoms with Crippen molar-refractivity contribution in [2.45, 2.75) is 26.7 Å². The first-order chi connectivity index (χ1) is 20.4. The molecule has 0 bridgehead atoms. The van der Waals surface area contributed by atoms with Crippen LogP contribution >= 0.6 is 0 Å². The number of halogens is 1. The van der Waals surface area contributed by atoms with Crippen molar-refractivity contribution >= 4 is 17.6 Å². The van der Waals surface area contributed by atoms with Gasteiger partial charge in [-0.25, -0.2) is 9.18 Å². The number of piperazine rings is 1. The maximum absolute atomic E-state index is 13.4. The maximum Gasteiger partial charge on any atom is 0.321 e. The molecular formula is C33H37FN4O4. The molecule has 3 aromatic carbocycles. The molecule has 1 fully saturated rings. The Morgan fingerprint density at radius 2 is 1.45 bits per heavy atom. The summed E-state index contributed by atoms with van der Waals surface area (Å²) in [5.74, 6) is 4.11. The molecule has 0 aliphatic carbocycles. The lowest BCUT2D eigenvalue weighted by atomic mass is 10.0. The van der Waals surface area contributed by atoms with Crippen molar-refractivity contribution in [1.29, 1.82) is 0 Å². The van der Waals surface area contributed by atoms with E-state index < -0.39 is 0 Å². The molecule has 0 atom stereocenters. The van der Waals surface area contributed by atoms with Crippen molar-refractivity contribution in [3.05, 3.63) is 78.1 Å². The van der Waals surface area contributed by atoms with E-state index in [0.29, 0.717) is 53.3 Å². The Hall–Kier alpha value is -4.55. The number of nitrogens with one attached hydrogen (secondary N) is 2. The second-order valence-electron chi connectivity index (χ2n) is 10.2. The maximum atomic E-state index is 13.4. The summed E-state index contributed by atoms with van der Waals surface area (Å²) in [6.45, 7) is 8.60. The topological polar surface area (TPSA) is 83.1 Å². The lowest BCUT2D eigenvalue weighted by Crippen LogP contribution is -2.50. The molecule has 2 N–H and O–H groups in total. The molecule has 1 aliphatic heterocycles. The number of terminal acetylenes is 1. The van der Waals surface area contributed by atoms with Crippen LogP contribution in [0.25, 0.3) is 0 Å². The van der Waals surface area contributed by atoms with Crippen LogP contribution in [0.4, 0.5) is 14.9 Å². The summed E-state index contributed by atoms with van der Waals surface area (Å²) in [5.41, 5.74) is 0.929. The van der Waals surface area contributed by atoms with Crippen LogP contribution in [-0.4, -0.2) is 61.0 Å². The third-order valence-corrected chi connectivity index (χ3v) is 7.21. The monoisotopic (exact) mass is 572 g/mol. The van der Waals surface area contributed by atoms with Crippen molar-refractivity contribution in [2.24, 2.45) is 5.92 Å². The summed E-state index contributed by atoms with van der Waals surface area (Å²) in [6, 6.07) is 17.1. The number of carbonyl (C=O) groups is 2. The fourth-order valence-corrected chi connectivity index (χ4v) is 4.69. The van der Waals surface area contributed by atoms with Gasteiger partial charge in [0.25, 0.3) is 5.91 Å². The highest BCUT2D eigenvalue weighted by molar-refractivity contribution is 5.94. The van der Waals surface area contributed by atoms with Crippen molar-refractivity contribution < 1.29 is 23.5 Å². The molecule has 0 spiro atoms. The van der Waals surface area contributed by atoms with Crippen molar-refractivity contribution in [3.63, 3.8) is 0 Å². The number of ether oxygens (including phenoxy) is 2. The SMILES string of the molecule is C#CCNC(=O)c1ccc(Oc2cc(NC(=O)N3CCN(CC(CC)CC)CC3)cc(Oc3ccc(F)cc3)c2)cc1. The first-order valence-corrected chi connectivity index (χ1v) is 14.2. The average Bonchev–Trinajstić information content (AvgIpc) is 3.00. The van der Waals surface area contributed by atoms with Gasteiger partial charge in [0.2, 0.25) is 0 Å². The van der Waals surface area contributed by atoms with Gasteiger partial charge in [0.1, 0.15) is 28.8 Å². The molecule has 4 rings (SSSR count). The van der Waals surface area contributed by atoms with Gasteiger partial charge in [-0.05, 0) is 54.4 Å². The molecule has 0 radical (unpaired) electrons. The van der Waals surface area contributed by atoms with Gasteiger partial charge in [-0.2, -0.15) is 0 Å². The van der Waals surface area contributed by atoms with E-state index in [2.05, 4.69) is 35.3 Å². The van der Waals surface area contributed by atoms with Crippen LogP contribution in [0.2, 0.25) is 0 Å². The number of nitrogens with zero attached hydrogens (tertiary/aromatic N) is 2. The van der Waals surface area contributed by atoms with Crippen LogP contribution in [-0.2, 0) is 0 Å². The van der Waals surface area contributed by atoms with Crippen LogP contribution in [0.3, 0.4) is 0 Å². The predicted octanol–water partition coefficient (Wildman–Crippen LogP) is 6.36. The highest BCUT2D eigenvalue weighted by Gasteiger charge is 2.23. The number of hydrogen-bond acceptors (Lipinski definition) is 5. The smallest absolute Gasteiger partial charge is 0.321 e. The molecule has 3 amide bonds. The first kappa shape index (κ1) is 30.4. The molecule has 1 heterocycles. The highest BCUT2D eigenvalue weighted by Crippen LogP contribution is 2.33. The van der Waals surface area contributed by atoms with Crippen molar-refractivity contribution in [1.82, 2.24) is 15.1 Å². The molecule has 0 aromatic heterocycles. The summed E-state index contributed by atoms with van der Waals surface area (Å²) in [5, 5.41) is 5.59. The zero-order chi connectivity index (χ0) is 29.9. The lowest BCUT2D eigenvalue weighted by Gasteiger charge is -2.36. The summed E-state index contributed by atoms with van der Waals surface area (Å²) in [4.78, 5) is 29.6. The minimum absolute atomic E-state index is 0.139. The number of rotatable bonds is 11. The van der Waals surface area contributed by atoms with Crippen LogP contribution in [0.15, 0.2) is 66.7 Å². The van der Waals surface area contributed by atoms with E-state index in [0.717, 1.165) is 32.5 Å². The second kappa shape index (κ2) is 14.9. The molecule has 3 aromatic rings. The summed E-state index contributed by atoms with van der Waals surface area (Å²) in [6.07, 6.45) is 7.52. The molecule has 42 heavy (non-hydrogen) atoms. The largest absolute Gasteiger partial charge is 0.457 e. The van der Waals surface area contributed by atoms with E-state index in [4.69, 9.17) is 15.9 Å². The summed E-state index contributed by atoms with van der Waals surface area (Å²) >= 11 is 0. The number of amides is 3. The van der Waals surface area contributed by atoms with E-state index in [1.165, 1.54) is 24.3 Å². The Kier molecular flexibility index (Phi) is 10.8. The zero-order valence-electron chi connectivity index (χ0n) is 24.1. The Labute approximate surface area is 246 Å². The van der Waals surface area contributed by atoms with Crippen LogP contribution < -0.4 is 20.1 Å². The van der Waals surface area contributed by atoms with E-state index >= 15 is 0 Å². The molecule has 220 valence electrons. The minimum Gasteiger partial charge on any atom is -0.457 e. The molecule has 9 heteroatoms. The van der Waals surface area contributed by atoms with Gasteiger partial charge in [-0.15, -0.1) is 6.42 Å². The van der Waals surface area contributed by atoms with Crippen LogP contribution in [0.5, 0.6) is 23.0 Å². The Morgan fingerprint density at radius 1 is 0.881 bits per heavy atom. The molecule has 1 aliphatic rings. The fraction of sp³-hybridized carbons (Fsp3) is 0.333. The number of hydrogen-bond donors (Lipinski definition) is 2. The Morgan fingerprint density at radius 3 is 2.00 bits per heavy atom. The van der Waals surface area contributed by atoms with Gasteiger partial charge in [0.05, 0.1) is 6.54 Å². The van der Waals surface area contributed by atoms with Gasteiger partial charge < -0.3 is 25.0 Å². The minimum atomic E-state index is -0.371. The molecule has 0 saturated carbocycles. The quantitative estimate of drug-likeness (QED) is 0.261. The number of urea groups is 1. The van der Waals surface area contributed by atoms with Gasteiger partial charge in [0, 0.05) is 62.2 Å². The van der Waals surface area contributed by atoms with Gasteiger partial charge in [-0.1, -0.05) is 32.6 Å². The standard InChI is InChI=1S/C33H37FN4O4/c1-4-15-35-32(39)25-7-11-28(12-8-25)41-30-20-27(21-31(22-30)42-29-13-9-26(34)10-14-29)36-33(40)38-18-16-37(17-19-38)23-24(5-2)6-3/h1,7-14,20-22,24H,5-6,15-19,23H2,2-3H3,(H,35,39)(H,36,40). The normalized spacial score (nSPS) is 13.4. The van der Waals surface area contributed by atoms with E-state index in [1.807, 2.05) is 0 Å². The molecular weight excluding hydrogens is 535 g/mol. The number of carbonyl (C=O) groups excluding carboxylic acids is 2. The van der Waals surface area contributed by atoms with E-state index in [9.17, 15) is 14.0 Å². The molecule has 0 unspecified atom stereocenters. The van der Waals surface area contributed by atoms with Crippen LogP contribution in [0, 0.1) is 24.1 Å². The molecule has 8 nitrogen and oxygen atoms in total. The Balaban J connectivity index is 1.47. The van der Waals surface area contributed by atoms with Gasteiger partial charge in [-0.3, -0.25) is 9.69 Å². The van der Waals surface area contributed by atoms with Crippen LogP contribution in [0.1, 0.15) is 37.0 Å². The number of anilines is 1. The van der Waals surface area contributed by atoms with E-state index in [1.54, 1.807) is 47.4 Å². The summed E-state index contributed by atoms with van der Waals surface area (Å²) < 4.78 is 25.4. The first-order valence-electron chi connectivity index (χ1n) is 14.2. The molecule has 1 saturated heterocycles.